The summed E-state index contributed by atoms with van der Waals surface area (Å²) in [5, 5.41) is 13.1. The van der Waals surface area contributed by atoms with Gasteiger partial charge in [0, 0.05) is 11.1 Å². The number of aromatic nitrogens is 1. The lowest BCUT2D eigenvalue weighted by molar-refractivity contribution is 0.0698. The van der Waals surface area contributed by atoms with Crippen LogP contribution in [0.25, 0.3) is 0 Å². The largest absolute Gasteiger partial charge is 0.478 e. The first-order valence-corrected chi connectivity index (χ1v) is 6.72. The lowest BCUT2D eigenvalue weighted by Gasteiger charge is -2.10. The standard InChI is InChI=1S/C13H15N3O2S/c1-2-8-6-15-11(19-8)7-16-12-9(13(17)18)4-3-5-10(12)14/h3-6,16H,2,7,14H2,1H3,(H,17,18). The number of para-hydroxylation sites is 1. The second-order valence-electron chi connectivity index (χ2n) is 4.00. The molecule has 0 amide bonds. The molecule has 0 bridgehead atoms. The number of aryl methyl sites for hydroxylation is 1. The average molecular weight is 277 g/mol. The molecule has 4 N–H and O–H groups in total. The average Bonchev–Trinajstić information content (AvgIpc) is 2.85. The first-order valence-electron chi connectivity index (χ1n) is 5.91. The van der Waals surface area contributed by atoms with E-state index in [1.165, 1.54) is 10.9 Å². The number of thiazole rings is 1. The van der Waals surface area contributed by atoms with E-state index < -0.39 is 5.97 Å². The van der Waals surface area contributed by atoms with Crippen molar-refractivity contribution in [3.63, 3.8) is 0 Å². The van der Waals surface area contributed by atoms with Crippen LogP contribution in [0.15, 0.2) is 24.4 Å². The zero-order valence-electron chi connectivity index (χ0n) is 10.5. The first-order chi connectivity index (χ1) is 9.11. The minimum Gasteiger partial charge on any atom is -0.478 e. The molecule has 0 radical (unpaired) electrons. The molecule has 0 aliphatic carbocycles. The fourth-order valence-corrected chi connectivity index (χ4v) is 2.51. The number of anilines is 2. The van der Waals surface area contributed by atoms with Crippen molar-refractivity contribution >= 4 is 28.7 Å². The summed E-state index contributed by atoms with van der Waals surface area (Å²) in [6, 6.07) is 4.83. The second-order valence-corrected chi connectivity index (χ2v) is 5.20. The molecule has 19 heavy (non-hydrogen) atoms. The molecule has 6 heteroatoms. The molecular weight excluding hydrogens is 262 g/mol. The maximum atomic E-state index is 11.1. The minimum atomic E-state index is -0.997. The molecule has 2 rings (SSSR count). The molecule has 0 atom stereocenters. The molecule has 0 aliphatic rings. The predicted molar refractivity (Wildman–Crippen MR) is 76.6 cm³/mol. The van der Waals surface area contributed by atoms with Crippen LogP contribution >= 0.6 is 11.3 Å². The Balaban J connectivity index is 2.17. The van der Waals surface area contributed by atoms with Crippen molar-refractivity contribution in [1.82, 2.24) is 4.98 Å². The Kier molecular flexibility index (Phi) is 4.01. The lowest BCUT2D eigenvalue weighted by atomic mass is 10.1. The van der Waals surface area contributed by atoms with E-state index in [1.54, 1.807) is 23.5 Å². The first kappa shape index (κ1) is 13.4. The van der Waals surface area contributed by atoms with Gasteiger partial charge in [0.1, 0.15) is 5.01 Å². The number of nitrogens with two attached hydrogens (primary N) is 1. The molecule has 1 aromatic heterocycles. The number of carbonyl (C=O) groups is 1. The van der Waals surface area contributed by atoms with Crippen LogP contribution in [0, 0.1) is 0 Å². The van der Waals surface area contributed by atoms with Crippen molar-refractivity contribution in [1.29, 1.82) is 0 Å². The highest BCUT2D eigenvalue weighted by atomic mass is 32.1. The van der Waals surface area contributed by atoms with Gasteiger partial charge >= 0.3 is 5.97 Å². The van der Waals surface area contributed by atoms with Crippen LogP contribution in [0.5, 0.6) is 0 Å². The van der Waals surface area contributed by atoms with Crippen LogP contribution < -0.4 is 11.1 Å². The van der Waals surface area contributed by atoms with E-state index >= 15 is 0 Å². The van der Waals surface area contributed by atoms with E-state index in [4.69, 9.17) is 10.8 Å². The minimum absolute atomic E-state index is 0.173. The van der Waals surface area contributed by atoms with Gasteiger partial charge in [-0.05, 0) is 18.6 Å². The number of carboxylic acid groups (broad SMARTS) is 1. The molecule has 0 aliphatic heterocycles. The summed E-state index contributed by atoms with van der Waals surface area (Å²) in [5.74, 6) is -0.997. The number of aromatic carboxylic acids is 1. The maximum Gasteiger partial charge on any atom is 0.337 e. The molecule has 1 aromatic carbocycles. The SMILES string of the molecule is CCc1cnc(CNc2c(N)cccc2C(=O)O)s1. The fraction of sp³-hybridized carbons (Fsp3) is 0.231. The normalized spacial score (nSPS) is 10.4. The van der Waals surface area contributed by atoms with Gasteiger partial charge in [-0.15, -0.1) is 11.3 Å². The quantitative estimate of drug-likeness (QED) is 0.731. The van der Waals surface area contributed by atoms with Gasteiger partial charge in [0.15, 0.2) is 0 Å². The number of nitrogens with zero attached hydrogens (tertiary/aromatic N) is 1. The highest BCUT2D eigenvalue weighted by Gasteiger charge is 2.12. The van der Waals surface area contributed by atoms with Gasteiger partial charge in [-0.2, -0.15) is 0 Å². The van der Waals surface area contributed by atoms with Gasteiger partial charge in [-0.3, -0.25) is 0 Å². The van der Waals surface area contributed by atoms with Crippen LogP contribution in [-0.2, 0) is 13.0 Å². The van der Waals surface area contributed by atoms with Gasteiger partial charge in [0.05, 0.1) is 23.5 Å². The van der Waals surface area contributed by atoms with Gasteiger partial charge in [0.25, 0.3) is 0 Å². The molecule has 0 spiro atoms. The molecule has 0 fully saturated rings. The van der Waals surface area contributed by atoms with Crippen molar-refractivity contribution in [2.75, 3.05) is 11.1 Å². The summed E-state index contributed by atoms with van der Waals surface area (Å²) in [7, 11) is 0. The molecule has 0 saturated carbocycles. The second kappa shape index (κ2) is 5.71. The Morgan fingerprint density at radius 3 is 2.95 bits per heavy atom. The Morgan fingerprint density at radius 2 is 2.32 bits per heavy atom. The van der Waals surface area contributed by atoms with E-state index in [-0.39, 0.29) is 5.56 Å². The van der Waals surface area contributed by atoms with Gasteiger partial charge in [-0.25, -0.2) is 9.78 Å². The topological polar surface area (TPSA) is 88.2 Å². The third-order valence-corrected chi connectivity index (χ3v) is 3.84. The molecule has 0 saturated heterocycles. The number of benzene rings is 1. The number of hydrogen-bond donors (Lipinski definition) is 3. The fourth-order valence-electron chi connectivity index (χ4n) is 1.70. The molecular formula is C13H15N3O2S. The summed E-state index contributed by atoms with van der Waals surface area (Å²) in [4.78, 5) is 16.6. The lowest BCUT2D eigenvalue weighted by Crippen LogP contribution is -2.08. The zero-order valence-corrected chi connectivity index (χ0v) is 11.3. The Hall–Kier alpha value is -2.08. The van der Waals surface area contributed by atoms with Crippen molar-refractivity contribution in [3.8, 4) is 0 Å². The van der Waals surface area contributed by atoms with Crippen LogP contribution in [0.2, 0.25) is 0 Å². The van der Waals surface area contributed by atoms with Gasteiger partial charge < -0.3 is 16.2 Å². The predicted octanol–water partition coefficient (Wildman–Crippen LogP) is 2.60. The van der Waals surface area contributed by atoms with Gasteiger partial charge in [-0.1, -0.05) is 13.0 Å². The number of nitrogens with one attached hydrogen (secondary N) is 1. The molecule has 100 valence electrons. The van der Waals surface area contributed by atoms with Crippen LogP contribution in [0.1, 0.15) is 27.2 Å². The van der Waals surface area contributed by atoms with Crippen molar-refractivity contribution in [2.45, 2.75) is 19.9 Å². The maximum absolute atomic E-state index is 11.1. The molecule has 0 unspecified atom stereocenters. The Morgan fingerprint density at radius 1 is 1.53 bits per heavy atom. The van der Waals surface area contributed by atoms with Crippen molar-refractivity contribution in [3.05, 3.63) is 39.8 Å². The number of carboxylic acids is 1. The smallest absolute Gasteiger partial charge is 0.337 e. The van der Waals surface area contributed by atoms with E-state index in [2.05, 4.69) is 17.2 Å². The summed E-state index contributed by atoms with van der Waals surface area (Å²) >= 11 is 1.61. The van der Waals surface area contributed by atoms with Crippen LogP contribution in [-0.4, -0.2) is 16.1 Å². The molecule has 2 aromatic rings. The summed E-state index contributed by atoms with van der Waals surface area (Å²) < 4.78 is 0. The third-order valence-electron chi connectivity index (χ3n) is 2.69. The Labute approximate surface area is 115 Å². The van der Waals surface area contributed by atoms with Gasteiger partial charge in [0.2, 0.25) is 0 Å². The van der Waals surface area contributed by atoms with Crippen molar-refractivity contribution in [2.24, 2.45) is 0 Å². The van der Waals surface area contributed by atoms with E-state index in [0.29, 0.717) is 17.9 Å². The summed E-state index contributed by atoms with van der Waals surface area (Å²) in [6.45, 7) is 2.54. The highest BCUT2D eigenvalue weighted by Crippen LogP contribution is 2.25. The van der Waals surface area contributed by atoms with E-state index in [9.17, 15) is 4.79 Å². The van der Waals surface area contributed by atoms with E-state index in [0.717, 1.165) is 11.4 Å². The van der Waals surface area contributed by atoms with Crippen LogP contribution in [0.4, 0.5) is 11.4 Å². The molecule has 1 heterocycles. The van der Waals surface area contributed by atoms with E-state index in [1.807, 2.05) is 6.20 Å². The number of hydrogen-bond acceptors (Lipinski definition) is 5. The summed E-state index contributed by atoms with van der Waals surface area (Å²) in [6.07, 6.45) is 2.79. The van der Waals surface area contributed by atoms with Crippen LogP contribution in [0.3, 0.4) is 0 Å². The molecule has 5 nitrogen and oxygen atoms in total. The summed E-state index contributed by atoms with van der Waals surface area (Å²) in [5.41, 5.74) is 6.86. The Bertz CT molecular complexity index is 595. The highest BCUT2D eigenvalue weighted by molar-refractivity contribution is 7.11. The monoisotopic (exact) mass is 277 g/mol. The number of nitrogen functional groups attached to an aromatic ring is 1. The van der Waals surface area contributed by atoms with Crippen molar-refractivity contribution < 1.29 is 9.90 Å². The number of rotatable bonds is 5. The zero-order chi connectivity index (χ0) is 13.8. The third kappa shape index (κ3) is 3.03.